The number of rotatable bonds is 7. The first-order valence-corrected chi connectivity index (χ1v) is 13.4. The molecule has 1 unspecified atom stereocenters. The first kappa shape index (κ1) is 28.6. The largest absolute Gasteiger partial charge is 0.507 e. The number of aliphatic hydroxyl groups excluding tert-OH is 1. The number of benzene rings is 3. The Kier molecular flexibility index (Phi) is 8.14. The van der Waals surface area contributed by atoms with Crippen molar-refractivity contribution < 1.29 is 24.2 Å². The van der Waals surface area contributed by atoms with Gasteiger partial charge in [0.2, 0.25) is 5.91 Å². The number of nitrogens with one attached hydrogen (secondary N) is 1. The molecule has 1 saturated heterocycles. The van der Waals surface area contributed by atoms with Gasteiger partial charge in [0, 0.05) is 23.9 Å². The van der Waals surface area contributed by atoms with E-state index in [1.807, 2.05) is 38.1 Å². The summed E-state index contributed by atoms with van der Waals surface area (Å²) in [5.74, 6) is -1.26. The van der Waals surface area contributed by atoms with Crippen molar-refractivity contribution in [1.29, 1.82) is 0 Å². The molecule has 7 heteroatoms. The Balaban J connectivity index is 1.85. The summed E-state index contributed by atoms with van der Waals surface area (Å²) in [6.45, 7) is 12.2. The third kappa shape index (κ3) is 5.78. The average molecular weight is 541 g/mol. The highest BCUT2D eigenvalue weighted by Crippen LogP contribution is 2.43. The molecular weight excluding hydrogens is 504 g/mol. The van der Waals surface area contributed by atoms with Crippen LogP contribution in [0.3, 0.4) is 0 Å². The summed E-state index contributed by atoms with van der Waals surface area (Å²) in [4.78, 5) is 39.9. The Morgan fingerprint density at radius 2 is 1.65 bits per heavy atom. The number of hydrogen-bond donors (Lipinski definition) is 2. The third-order valence-electron chi connectivity index (χ3n) is 6.91. The van der Waals surface area contributed by atoms with Gasteiger partial charge in [-0.3, -0.25) is 19.3 Å². The number of aliphatic hydroxyl groups is 1. The standard InChI is InChI=1S/C33H36N2O5/c1-7-18-40-27-17-10-23(19-20(27)2)30(37)28-29(22-8-11-24(12-9-22)33(4,5)6)35(32(39)31(28)38)26-15-13-25(14-16-26)34-21(3)36/h8-17,19,29,37H,7,18H2,1-6H3,(H,34,36)/b30-28-. The van der Waals surface area contributed by atoms with E-state index in [-0.39, 0.29) is 22.7 Å². The average Bonchev–Trinajstić information content (AvgIpc) is 3.17. The Morgan fingerprint density at radius 3 is 2.20 bits per heavy atom. The van der Waals surface area contributed by atoms with Crippen LogP contribution in [0.25, 0.3) is 5.76 Å². The minimum atomic E-state index is -0.850. The van der Waals surface area contributed by atoms with E-state index < -0.39 is 17.7 Å². The number of anilines is 2. The van der Waals surface area contributed by atoms with Gasteiger partial charge in [0.25, 0.3) is 11.7 Å². The van der Waals surface area contributed by atoms with E-state index in [2.05, 4.69) is 26.1 Å². The lowest BCUT2D eigenvalue weighted by atomic mass is 9.85. The Labute approximate surface area is 235 Å². The maximum atomic E-state index is 13.5. The Bertz CT molecular complexity index is 1460. The van der Waals surface area contributed by atoms with Crippen molar-refractivity contribution in [3.05, 3.63) is 94.6 Å². The molecule has 0 saturated carbocycles. The molecule has 1 heterocycles. The van der Waals surface area contributed by atoms with E-state index in [9.17, 15) is 19.5 Å². The van der Waals surface area contributed by atoms with Gasteiger partial charge in [0.05, 0.1) is 18.2 Å². The molecular formula is C33H36N2O5. The molecule has 0 radical (unpaired) electrons. The minimum Gasteiger partial charge on any atom is -0.507 e. The fourth-order valence-electron chi connectivity index (χ4n) is 4.81. The van der Waals surface area contributed by atoms with Crippen LogP contribution in [0.15, 0.2) is 72.3 Å². The second kappa shape index (κ2) is 11.4. The summed E-state index contributed by atoms with van der Waals surface area (Å²) in [5.41, 5.74) is 4.01. The van der Waals surface area contributed by atoms with Gasteiger partial charge < -0.3 is 15.2 Å². The van der Waals surface area contributed by atoms with E-state index in [4.69, 9.17) is 4.74 Å². The highest BCUT2D eigenvalue weighted by atomic mass is 16.5. The molecule has 3 aromatic rings. The first-order valence-electron chi connectivity index (χ1n) is 13.4. The summed E-state index contributed by atoms with van der Waals surface area (Å²) in [5, 5.41) is 14.2. The van der Waals surface area contributed by atoms with Crippen molar-refractivity contribution in [1.82, 2.24) is 0 Å². The molecule has 208 valence electrons. The van der Waals surface area contributed by atoms with E-state index in [0.29, 0.717) is 34.9 Å². The van der Waals surface area contributed by atoms with Gasteiger partial charge in [0.1, 0.15) is 11.5 Å². The van der Waals surface area contributed by atoms with Gasteiger partial charge in [-0.05, 0) is 77.9 Å². The predicted molar refractivity (Wildman–Crippen MR) is 158 cm³/mol. The Hall–Kier alpha value is -4.39. The van der Waals surface area contributed by atoms with Crippen molar-refractivity contribution in [2.75, 3.05) is 16.8 Å². The quantitative estimate of drug-likeness (QED) is 0.198. The van der Waals surface area contributed by atoms with Crippen LogP contribution in [0.2, 0.25) is 0 Å². The number of carbonyl (C=O) groups is 3. The monoisotopic (exact) mass is 540 g/mol. The molecule has 0 spiro atoms. The first-order chi connectivity index (χ1) is 18.9. The number of ketones is 1. The SMILES string of the molecule is CCCOc1ccc(/C(O)=C2/C(=O)C(=O)N(c3ccc(NC(C)=O)cc3)C2c2ccc(C(C)(C)C)cc2)cc1C. The molecule has 0 aliphatic carbocycles. The number of aryl methyl sites for hydroxylation is 1. The van der Waals surface area contributed by atoms with Crippen molar-refractivity contribution in [2.24, 2.45) is 0 Å². The lowest BCUT2D eigenvalue weighted by Gasteiger charge is -2.27. The van der Waals surface area contributed by atoms with Crippen LogP contribution >= 0.6 is 0 Å². The maximum Gasteiger partial charge on any atom is 0.300 e. The number of hydrogen-bond acceptors (Lipinski definition) is 5. The molecule has 1 aliphatic heterocycles. The topological polar surface area (TPSA) is 95.9 Å². The van der Waals surface area contributed by atoms with Gasteiger partial charge in [-0.25, -0.2) is 0 Å². The summed E-state index contributed by atoms with van der Waals surface area (Å²) >= 11 is 0. The molecule has 2 N–H and O–H groups in total. The van der Waals surface area contributed by atoms with Crippen LogP contribution < -0.4 is 15.0 Å². The van der Waals surface area contributed by atoms with Crippen molar-refractivity contribution >= 4 is 34.7 Å². The van der Waals surface area contributed by atoms with Crippen molar-refractivity contribution in [3.8, 4) is 5.75 Å². The summed E-state index contributed by atoms with van der Waals surface area (Å²) in [7, 11) is 0. The van der Waals surface area contributed by atoms with Crippen molar-refractivity contribution in [2.45, 2.75) is 59.4 Å². The van der Waals surface area contributed by atoms with Crippen LogP contribution in [-0.2, 0) is 19.8 Å². The zero-order chi connectivity index (χ0) is 29.2. The molecule has 1 fully saturated rings. The lowest BCUT2D eigenvalue weighted by molar-refractivity contribution is -0.132. The van der Waals surface area contributed by atoms with E-state index >= 15 is 0 Å². The van der Waals surface area contributed by atoms with Gasteiger partial charge in [0.15, 0.2) is 0 Å². The van der Waals surface area contributed by atoms with Gasteiger partial charge in [-0.2, -0.15) is 0 Å². The van der Waals surface area contributed by atoms with Gasteiger partial charge in [-0.1, -0.05) is 52.0 Å². The summed E-state index contributed by atoms with van der Waals surface area (Å²) < 4.78 is 5.77. The van der Waals surface area contributed by atoms with Crippen LogP contribution in [0, 0.1) is 6.92 Å². The van der Waals surface area contributed by atoms with Gasteiger partial charge in [-0.15, -0.1) is 0 Å². The molecule has 40 heavy (non-hydrogen) atoms. The maximum absolute atomic E-state index is 13.5. The fraction of sp³-hybridized carbons (Fsp3) is 0.303. The second-order valence-corrected chi connectivity index (χ2v) is 11.1. The number of Topliss-reactive ketones (excluding diaryl/α,β-unsaturated/α-hetero) is 1. The summed E-state index contributed by atoms with van der Waals surface area (Å²) in [6, 6.07) is 18.8. The van der Waals surface area contributed by atoms with Crippen LogP contribution in [0.4, 0.5) is 11.4 Å². The Morgan fingerprint density at radius 1 is 1.00 bits per heavy atom. The third-order valence-corrected chi connectivity index (χ3v) is 6.91. The number of carbonyl (C=O) groups excluding carboxylic acids is 3. The second-order valence-electron chi connectivity index (χ2n) is 11.1. The molecule has 2 amide bonds. The van der Waals surface area contributed by atoms with E-state index in [1.165, 1.54) is 11.8 Å². The molecule has 4 rings (SSSR count). The highest BCUT2D eigenvalue weighted by Gasteiger charge is 2.47. The van der Waals surface area contributed by atoms with E-state index in [1.54, 1.807) is 42.5 Å². The molecule has 0 bridgehead atoms. The smallest absolute Gasteiger partial charge is 0.300 e. The molecule has 0 aromatic heterocycles. The van der Waals surface area contributed by atoms with Crippen LogP contribution in [-0.4, -0.2) is 29.3 Å². The fourth-order valence-corrected chi connectivity index (χ4v) is 4.81. The lowest BCUT2D eigenvalue weighted by Crippen LogP contribution is -2.29. The number of amides is 2. The summed E-state index contributed by atoms with van der Waals surface area (Å²) in [6.07, 6.45) is 0.865. The molecule has 7 nitrogen and oxygen atoms in total. The predicted octanol–water partition coefficient (Wildman–Crippen LogP) is 6.67. The highest BCUT2D eigenvalue weighted by molar-refractivity contribution is 6.51. The van der Waals surface area contributed by atoms with E-state index in [0.717, 1.165) is 17.5 Å². The van der Waals surface area contributed by atoms with Crippen LogP contribution in [0.1, 0.15) is 69.3 Å². The number of ether oxygens (including phenoxy) is 1. The molecule has 1 atom stereocenters. The molecule has 3 aromatic carbocycles. The number of nitrogens with zero attached hydrogens (tertiary/aromatic N) is 1. The molecule has 1 aliphatic rings. The normalized spacial score (nSPS) is 16.8. The zero-order valence-electron chi connectivity index (χ0n) is 23.9. The minimum absolute atomic E-state index is 0.0149. The van der Waals surface area contributed by atoms with Gasteiger partial charge >= 0.3 is 0 Å². The zero-order valence-corrected chi connectivity index (χ0v) is 23.9. The van der Waals surface area contributed by atoms with Crippen LogP contribution in [0.5, 0.6) is 5.75 Å². The van der Waals surface area contributed by atoms with Crippen molar-refractivity contribution in [3.63, 3.8) is 0 Å².